The van der Waals surface area contributed by atoms with Gasteiger partial charge in [0.25, 0.3) is 0 Å². The Morgan fingerprint density at radius 3 is 3.20 bits per heavy atom. The fraction of sp³-hybridized carbons (Fsp3) is 0.600. The summed E-state index contributed by atoms with van der Waals surface area (Å²) in [5.74, 6) is -0.149. The monoisotopic (exact) mass is 210 g/mol. The Morgan fingerprint density at radius 2 is 2.60 bits per heavy atom. The van der Waals surface area contributed by atoms with Crippen molar-refractivity contribution in [3.05, 3.63) is 18.7 Å². The number of esters is 1. The van der Waals surface area contributed by atoms with E-state index in [0.29, 0.717) is 0 Å². The van der Waals surface area contributed by atoms with Gasteiger partial charge in [0.05, 0.1) is 7.05 Å². The number of aromatic nitrogens is 2. The van der Waals surface area contributed by atoms with Crippen molar-refractivity contribution in [1.29, 1.82) is 0 Å². The number of hydrogen-bond acceptors (Lipinski definition) is 3. The van der Waals surface area contributed by atoms with Gasteiger partial charge in [0.15, 0.2) is 0 Å². The summed E-state index contributed by atoms with van der Waals surface area (Å²) in [5.41, 5.74) is 0. The molecular weight excluding hydrogens is 194 g/mol. The van der Waals surface area contributed by atoms with Crippen LogP contribution in [-0.2, 0) is 23.3 Å². The first-order chi connectivity index (χ1) is 7.25. The molecule has 5 heteroatoms. The minimum Gasteiger partial charge on any atom is -0.424 e. The first-order valence-electron chi connectivity index (χ1n) is 5.17. The van der Waals surface area contributed by atoms with E-state index in [1.165, 1.54) is 0 Å². The lowest BCUT2D eigenvalue weighted by molar-refractivity contribution is -0.671. The van der Waals surface area contributed by atoms with Crippen LogP contribution in [0.1, 0.15) is 12.8 Å². The molecule has 0 aliphatic carbocycles. The number of nitrogens with one attached hydrogen (secondary N) is 1. The Balaban J connectivity index is 1.80. The smallest absolute Gasteiger partial charge is 0.326 e. The highest BCUT2D eigenvalue weighted by molar-refractivity contribution is 5.75. The van der Waals surface area contributed by atoms with Crippen LogP contribution in [0.25, 0.3) is 0 Å². The Bertz CT molecular complexity index is 342. The zero-order chi connectivity index (χ0) is 10.7. The summed E-state index contributed by atoms with van der Waals surface area (Å²) in [7, 11) is 1.93. The molecule has 2 heterocycles. The lowest BCUT2D eigenvalue weighted by Gasteiger charge is -2.08. The fourth-order valence-electron chi connectivity index (χ4n) is 1.70. The molecule has 1 aromatic heterocycles. The number of nitrogens with zero attached hydrogens (tertiary/aromatic N) is 2. The number of rotatable bonds is 3. The van der Waals surface area contributed by atoms with Gasteiger partial charge in [-0.1, -0.05) is 0 Å². The van der Waals surface area contributed by atoms with Crippen LogP contribution in [-0.4, -0.2) is 23.1 Å². The number of carbonyl (C=O) groups excluding carboxylic acids is 1. The largest absolute Gasteiger partial charge is 0.424 e. The van der Waals surface area contributed by atoms with Crippen molar-refractivity contribution in [2.75, 3.05) is 6.54 Å². The molecule has 0 bridgehead atoms. The molecule has 82 valence electrons. The van der Waals surface area contributed by atoms with Gasteiger partial charge in [0.1, 0.15) is 18.4 Å². The van der Waals surface area contributed by atoms with Crippen molar-refractivity contribution in [3.8, 4) is 0 Å². The Hall–Kier alpha value is -1.36. The average Bonchev–Trinajstić information content (AvgIpc) is 2.84. The molecule has 0 saturated carbocycles. The Kier molecular flexibility index (Phi) is 3.01. The van der Waals surface area contributed by atoms with Crippen molar-refractivity contribution >= 4 is 5.97 Å². The molecule has 0 aromatic carbocycles. The lowest BCUT2D eigenvalue weighted by atomic mass is 10.2. The molecule has 0 radical (unpaired) electrons. The normalized spacial score (nSPS) is 20.5. The molecule has 0 amide bonds. The van der Waals surface area contributed by atoms with Crippen LogP contribution in [0.3, 0.4) is 0 Å². The van der Waals surface area contributed by atoms with Gasteiger partial charge in [-0.2, -0.15) is 0 Å². The van der Waals surface area contributed by atoms with Gasteiger partial charge in [-0.05, 0) is 19.4 Å². The van der Waals surface area contributed by atoms with Crippen LogP contribution in [0.4, 0.5) is 0 Å². The van der Waals surface area contributed by atoms with E-state index < -0.39 is 0 Å². The second-order valence-electron chi connectivity index (χ2n) is 3.83. The number of imidazole rings is 1. The molecule has 1 aromatic rings. The Labute approximate surface area is 88.7 Å². The fourth-order valence-corrected chi connectivity index (χ4v) is 1.70. The maximum absolute atomic E-state index is 11.5. The lowest BCUT2D eigenvalue weighted by Crippen LogP contribution is -2.32. The number of carbonyl (C=O) groups is 1. The quantitative estimate of drug-likeness (QED) is 0.544. The molecule has 1 aliphatic rings. The van der Waals surface area contributed by atoms with Crippen molar-refractivity contribution < 1.29 is 14.1 Å². The van der Waals surface area contributed by atoms with Crippen molar-refractivity contribution in [2.45, 2.75) is 25.6 Å². The molecule has 15 heavy (non-hydrogen) atoms. The van der Waals surface area contributed by atoms with E-state index in [0.717, 1.165) is 19.4 Å². The van der Waals surface area contributed by atoms with E-state index >= 15 is 0 Å². The summed E-state index contributed by atoms with van der Waals surface area (Å²) in [6.07, 6.45) is 7.59. The third-order valence-electron chi connectivity index (χ3n) is 2.52. The zero-order valence-electron chi connectivity index (χ0n) is 8.85. The SMILES string of the molecule is C[n+]1ccn(COC(=O)[C@@H]2CCCN2)c1. The summed E-state index contributed by atoms with van der Waals surface area (Å²) in [4.78, 5) is 11.5. The van der Waals surface area contributed by atoms with E-state index in [2.05, 4.69) is 5.32 Å². The van der Waals surface area contributed by atoms with Gasteiger partial charge in [-0.25, -0.2) is 9.13 Å². The van der Waals surface area contributed by atoms with Crippen LogP contribution in [0.15, 0.2) is 18.7 Å². The van der Waals surface area contributed by atoms with Gasteiger partial charge in [-0.3, -0.25) is 4.79 Å². The summed E-state index contributed by atoms with van der Waals surface area (Å²) in [6, 6.07) is -0.102. The molecule has 0 unspecified atom stereocenters. The highest BCUT2D eigenvalue weighted by Gasteiger charge is 2.23. The van der Waals surface area contributed by atoms with Crippen LogP contribution in [0, 0.1) is 0 Å². The van der Waals surface area contributed by atoms with E-state index in [1.54, 1.807) is 0 Å². The number of hydrogen-bond donors (Lipinski definition) is 1. The molecule has 1 atom stereocenters. The third-order valence-corrected chi connectivity index (χ3v) is 2.52. The minimum atomic E-state index is -0.149. The number of aryl methyl sites for hydroxylation is 1. The third kappa shape index (κ3) is 2.56. The maximum atomic E-state index is 11.5. The zero-order valence-corrected chi connectivity index (χ0v) is 8.85. The van der Waals surface area contributed by atoms with E-state index in [9.17, 15) is 4.79 Å². The Morgan fingerprint density at radius 1 is 1.73 bits per heavy atom. The maximum Gasteiger partial charge on any atom is 0.326 e. The van der Waals surface area contributed by atoms with Crippen LogP contribution >= 0.6 is 0 Å². The number of ether oxygens (including phenoxy) is 1. The van der Waals surface area contributed by atoms with Crippen LogP contribution in [0.2, 0.25) is 0 Å². The van der Waals surface area contributed by atoms with E-state index in [-0.39, 0.29) is 18.7 Å². The van der Waals surface area contributed by atoms with Crippen molar-refractivity contribution in [3.63, 3.8) is 0 Å². The van der Waals surface area contributed by atoms with Gasteiger partial charge in [0.2, 0.25) is 13.1 Å². The first-order valence-corrected chi connectivity index (χ1v) is 5.17. The van der Waals surface area contributed by atoms with Crippen molar-refractivity contribution in [1.82, 2.24) is 9.88 Å². The second-order valence-corrected chi connectivity index (χ2v) is 3.83. The van der Waals surface area contributed by atoms with Crippen LogP contribution in [0.5, 0.6) is 0 Å². The molecule has 1 aliphatic heterocycles. The summed E-state index contributed by atoms with van der Waals surface area (Å²) >= 11 is 0. The second kappa shape index (κ2) is 4.44. The first kappa shape index (κ1) is 10.2. The molecule has 1 N–H and O–H groups in total. The summed E-state index contributed by atoms with van der Waals surface area (Å²) < 4.78 is 8.90. The molecule has 1 saturated heterocycles. The van der Waals surface area contributed by atoms with E-state index in [4.69, 9.17) is 4.74 Å². The molecule has 2 rings (SSSR count). The molecular formula is C10H16N3O2+. The topological polar surface area (TPSA) is 47.1 Å². The molecule has 0 spiro atoms. The highest BCUT2D eigenvalue weighted by Crippen LogP contribution is 2.06. The van der Waals surface area contributed by atoms with Gasteiger partial charge < -0.3 is 10.1 Å². The van der Waals surface area contributed by atoms with E-state index in [1.807, 2.05) is 34.9 Å². The van der Waals surface area contributed by atoms with Gasteiger partial charge >= 0.3 is 5.97 Å². The molecule has 5 nitrogen and oxygen atoms in total. The summed E-state index contributed by atoms with van der Waals surface area (Å²) in [5, 5.41) is 3.11. The highest BCUT2D eigenvalue weighted by atomic mass is 16.5. The van der Waals surface area contributed by atoms with Gasteiger partial charge in [0, 0.05) is 0 Å². The van der Waals surface area contributed by atoms with Crippen LogP contribution < -0.4 is 9.88 Å². The minimum absolute atomic E-state index is 0.102. The average molecular weight is 210 g/mol. The predicted molar refractivity (Wildman–Crippen MR) is 52.7 cm³/mol. The summed E-state index contributed by atoms with van der Waals surface area (Å²) in [6.45, 7) is 1.20. The molecule has 1 fully saturated rings. The van der Waals surface area contributed by atoms with Crippen molar-refractivity contribution in [2.24, 2.45) is 7.05 Å². The van der Waals surface area contributed by atoms with Gasteiger partial charge in [-0.15, -0.1) is 0 Å². The standard InChI is InChI=1S/C10H16N3O2/c1-12-5-6-13(7-12)8-15-10(14)9-3-2-4-11-9/h5-7,9,11H,2-4,8H2,1H3/q+1/t9-/m0/s1. The predicted octanol–water partition coefficient (Wildman–Crippen LogP) is -0.435.